The Morgan fingerprint density at radius 1 is 0.731 bits per heavy atom. The zero-order valence-electron chi connectivity index (χ0n) is 16.9. The normalized spacial score (nSPS) is 20.6. The minimum absolute atomic E-state index is 0.215. The van der Waals surface area contributed by atoms with Gasteiger partial charge in [-0.3, -0.25) is 0 Å². The molecule has 1 saturated heterocycles. The Labute approximate surface area is 164 Å². The summed E-state index contributed by atoms with van der Waals surface area (Å²) in [5.41, 5.74) is 2.52. The van der Waals surface area contributed by atoms with Gasteiger partial charge < -0.3 is 0 Å². The summed E-state index contributed by atoms with van der Waals surface area (Å²) >= 11 is -4.28. The first-order chi connectivity index (χ1) is 12.6. The first-order valence-electron chi connectivity index (χ1n) is 10.4. The van der Waals surface area contributed by atoms with Gasteiger partial charge in [-0.25, -0.2) is 0 Å². The van der Waals surface area contributed by atoms with Gasteiger partial charge in [-0.15, -0.1) is 0 Å². The first kappa shape index (κ1) is 20.2. The fourth-order valence-electron chi connectivity index (χ4n) is 5.52. The fourth-order valence-corrected chi connectivity index (χ4v) is 61.8. The Morgan fingerprint density at radius 2 is 1.19 bits per heavy atom. The van der Waals surface area contributed by atoms with Crippen molar-refractivity contribution >= 4 is 22.9 Å². The molecule has 0 amide bonds. The second-order valence-corrected chi connectivity index (χ2v) is 46.3. The van der Waals surface area contributed by atoms with Crippen molar-refractivity contribution in [3.05, 3.63) is 71.8 Å². The standard InChI is InChI=1S/C23H34Ge2O/c1-5-24(6-2)20-19-23(21-15-11-9-12-16-21,22-17-13-10-14-18-22)26-25(24,7-3)8-4/h9-18H,5-8,19-20H2,1-4H3. The van der Waals surface area contributed by atoms with Crippen LogP contribution in [0.1, 0.15) is 45.2 Å². The van der Waals surface area contributed by atoms with E-state index in [4.69, 9.17) is 3.76 Å². The van der Waals surface area contributed by atoms with E-state index in [2.05, 4.69) is 88.4 Å². The molecule has 0 unspecified atom stereocenters. The summed E-state index contributed by atoms with van der Waals surface area (Å²) in [5.74, 6) is 0. The molecular weight excluding hydrogens is 437 g/mol. The second-order valence-electron chi connectivity index (χ2n) is 7.85. The molecule has 1 fully saturated rings. The second kappa shape index (κ2) is 8.24. The molecular formula is C23H34Ge2O. The Morgan fingerprint density at radius 3 is 1.58 bits per heavy atom. The predicted molar refractivity (Wildman–Crippen MR) is 118 cm³/mol. The van der Waals surface area contributed by atoms with Gasteiger partial charge in [0.25, 0.3) is 0 Å². The van der Waals surface area contributed by atoms with Crippen molar-refractivity contribution in [2.45, 2.75) is 66.0 Å². The van der Waals surface area contributed by atoms with E-state index in [1.807, 2.05) is 0 Å². The number of hydrogen-bond donors (Lipinski definition) is 0. The molecule has 1 aliphatic rings. The van der Waals surface area contributed by atoms with Crippen LogP contribution in [-0.4, -0.2) is 22.9 Å². The molecule has 0 spiro atoms. The summed E-state index contributed by atoms with van der Waals surface area (Å²) in [5, 5.41) is 7.06. The average molecular weight is 472 g/mol. The minimum atomic E-state index is -2.36. The van der Waals surface area contributed by atoms with Crippen LogP contribution in [-0.2, 0) is 9.36 Å². The molecule has 0 aromatic heterocycles. The molecule has 1 aliphatic heterocycles. The zero-order chi connectivity index (χ0) is 18.7. The maximum absolute atomic E-state index is 7.60. The van der Waals surface area contributed by atoms with Gasteiger partial charge in [-0.05, 0) is 0 Å². The molecule has 0 saturated carbocycles. The number of hydrogen-bond acceptors (Lipinski definition) is 1. The Kier molecular flexibility index (Phi) is 6.41. The molecule has 1 heterocycles. The molecule has 3 rings (SSSR count). The molecule has 140 valence electrons. The summed E-state index contributed by atoms with van der Waals surface area (Å²) in [4.78, 5) is 0. The number of rotatable bonds is 6. The first-order valence-corrected chi connectivity index (χ1v) is 25.2. The summed E-state index contributed by atoms with van der Waals surface area (Å²) < 4.78 is 7.60. The molecule has 2 aromatic carbocycles. The van der Waals surface area contributed by atoms with Crippen molar-refractivity contribution < 1.29 is 3.76 Å². The van der Waals surface area contributed by atoms with Crippen molar-refractivity contribution in [3.8, 4) is 0 Å². The van der Waals surface area contributed by atoms with Crippen LogP contribution in [0.5, 0.6) is 0 Å². The van der Waals surface area contributed by atoms with E-state index in [1.54, 1.807) is 0 Å². The van der Waals surface area contributed by atoms with E-state index in [-0.39, 0.29) is 5.60 Å². The summed E-state index contributed by atoms with van der Waals surface area (Å²) in [6, 6.07) is 22.1. The third kappa shape index (κ3) is 3.14. The van der Waals surface area contributed by atoms with E-state index in [0.29, 0.717) is 0 Å². The molecule has 1 nitrogen and oxygen atoms in total. The molecule has 26 heavy (non-hydrogen) atoms. The van der Waals surface area contributed by atoms with E-state index >= 15 is 0 Å². The summed E-state index contributed by atoms with van der Waals surface area (Å²) in [6.45, 7) is 9.86. The Hall–Kier alpha value is -0.514. The maximum atomic E-state index is 7.60. The van der Waals surface area contributed by atoms with Gasteiger partial charge in [0, 0.05) is 0 Å². The van der Waals surface area contributed by atoms with Crippen molar-refractivity contribution in [2.75, 3.05) is 0 Å². The Balaban J connectivity index is 2.19. The van der Waals surface area contributed by atoms with Gasteiger partial charge >= 0.3 is 164 Å². The van der Waals surface area contributed by atoms with Crippen molar-refractivity contribution in [1.82, 2.24) is 0 Å². The summed E-state index contributed by atoms with van der Waals surface area (Å²) in [6.07, 6.45) is 1.18. The number of benzene rings is 2. The van der Waals surface area contributed by atoms with Crippen molar-refractivity contribution in [2.24, 2.45) is 0 Å². The predicted octanol–water partition coefficient (Wildman–Crippen LogP) is 6.90. The van der Waals surface area contributed by atoms with Crippen LogP contribution in [0.15, 0.2) is 60.7 Å². The third-order valence-corrected chi connectivity index (χ3v) is 66.2. The van der Waals surface area contributed by atoms with Crippen LogP contribution in [0, 0.1) is 0 Å². The van der Waals surface area contributed by atoms with Crippen LogP contribution < -0.4 is 0 Å². The third-order valence-electron chi connectivity index (χ3n) is 7.27. The molecule has 0 atom stereocenters. The molecule has 0 bridgehead atoms. The van der Waals surface area contributed by atoms with E-state index < -0.39 is 22.9 Å². The van der Waals surface area contributed by atoms with Crippen molar-refractivity contribution in [3.63, 3.8) is 0 Å². The SMILES string of the molecule is C[CH2][Ge]1([CH2]C)[CH2]CC(c2ccccc2)(c2ccccc2)[O][Ge]1([CH2]C)[CH2]C. The molecule has 0 N–H and O–H groups in total. The van der Waals surface area contributed by atoms with Gasteiger partial charge in [-0.1, -0.05) is 0 Å². The monoisotopic (exact) mass is 474 g/mol. The van der Waals surface area contributed by atoms with Gasteiger partial charge in [0.1, 0.15) is 0 Å². The van der Waals surface area contributed by atoms with Crippen LogP contribution in [0.3, 0.4) is 0 Å². The quantitative estimate of drug-likeness (QED) is 0.416. The Bertz CT molecular complexity index is 651. The van der Waals surface area contributed by atoms with Gasteiger partial charge in [-0.2, -0.15) is 0 Å². The van der Waals surface area contributed by atoms with Crippen molar-refractivity contribution in [1.29, 1.82) is 0 Å². The molecule has 0 radical (unpaired) electrons. The van der Waals surface area contributed by atoms with Crippen LogP contribution in [0.4, 0.5) is 0 Å². The fraction of sp³-hybridized carbons (Fsp3) is 0.478. The van der Waals surface area contributed by atoms with Gasteiger partial charge in [0.2, 0.25) is 0 Å². The van der Waals surface area contributed by atoms with E-state index in [1.165, 1.54) is 43.8 Å². The molecule has 3 heteroatoms. The van der Waals surface area contributed by atoms with E-state index in [9.17, 15) is 0 Å². The molecule has 2 aromatic rings. The zero-order valence-corrected chi connectivity index (χ0v) is 21.1. The average Bonchev–Trinajstić information content (AvgIpc) is 2.74. The van der Waals surface area contributed by atoms with Crippen LogP contribution in [0.25, 0.3) is 0 Å². The van der Waals surface area contributed by atoms with Gasteiger partial charge in [0.15, 0.2) is 0 Å². The van der Waals surface area contributed by atoms with Crippen LogP contribution >= 0.6 is 0 Å². The summed E-state index contributed by atoms with van der Waals surface area (Å²) in [7, 11) is 0. The topological polar surface area (TPSA) is 9.23 Å². The van der Waals surface area contributed by atoms with Gasteiger partial charge in [0.05, 0.1) is 0 Å². The molecule has 0 aliphatic carbocycles. The van der Waals surface area contributed by atoms with Crippen LogP contribution in [0.2, 0.25) is 26.3 Å². The van der Waals surface area contributed by atoms with E-state index in [0.717, 1.165) is 0 Å².